The minimum Gasteiger partial charge on any atom is -0.455 e. The lowest BCUT2D eigenvalue weighted by Crippen LogP contribution is -2.26. The third-order valence-corrected chi connectivity index (χ3v) is 2.07. The Bertz CT molecular complexity index is 345. The van der Waals surface area contributed by atoms with Gasteiger partial charge < -0.3 is 9.64 Å². The Balaban J connectivity index is 2.62. The van der Waals surface area contributed by atoms with Crippen molar-refractivity contribution in [3.63, 3.8) is 0 Å². The van der Waals surface area contributed by atoms with Gasteiger partial charge >= 0.3 is 0 Å². The lowest BCUT2D eigenvalue weighted by Gasteiger charge is -2.18. The van der Waals surface area contributed by atoms with E-state index in [0.717, 1.165) is 5.69 Å². The van der Waals surface area contributed by atoms with Gasteiger partial charge in [-0.2, -0.15) is 5.26 Å². The van der Waals surface area contributed by atoms with Crippen LogP contribution < -0.4 is 4.90 Å². The van der Waals surface area contributed by atoms with Crippen LogP contribution in [0.5, 0.6) is 0 Å². The molecule has 1 rings (SSSR count). The average Bonchev–Trinajstić information content (AvgIpc) is 2.26. The van der Waals surface area contributed by atoms with E-state index in [2.05, 4.69) is 0 Å². The summed E-state index contributed by atoms with van der Waals surface area (Å²) in [6.07, 6.45) is 0. The quantitative estimate of drug-likeness (QED) is 0.693. The maximum absolute atomic E-state index is 8.31. The van der Waals surface area contributed by atoms with Crippen molar-refractivity contribution in [1.29, 1.82) is 5.26 Å². The zero-order valence-electron chi connectivity index (χ0n) is 7.80. The molecule has 0 aliphatic heterocycles. The fourth-order valence-corrected chi connectivity index (χ4v) is 1.11. The maximum Gasteiger partial charge on any atom is 0.264 e. The van der Waals surface area contributed by atoms with Crippen molar-refractivity contribution in [2.45, 2.75) is 0 Å². The molecule has 4 heteroatoms. The van der Waals surface area contributed by atoms with Crippen LogP contribution in [0.25, 0.3) is 0 Å². The van der Waals surface area contributed by atoms with Gasteiger partial charge in [0.15, 0.2) is 6.61 Å². The van der Waals surface area contributed by atoms with E-state index in [1.54, 1.807) is 11.9 Å². The molecule has 0 aliphatic carbocycles. The highest BCUT2D eigenvalue weighted by Gasteiger charge is 2.06. The number of para-hydroxylation sites is 1. The van der Waals surface area contributed by atoms with Crippen LogP contribution in [0.1, 0.15) is 0 Å². The summed E-state index contributed by atoms with van der Waals surface area (Å²) in [6, 6.07) is 11.5. The van der Waals surface area contributed by atoms with Gasteiger partial charge in [-0.15, -0.1) is 0 Å². The number of nitriles is 1. The zero-order chi connectivity index (χ0) is 10.4. The molecule has 0 aromatic heterocycles. The molecule has 0 spiro atoms. The zero-order valence-corrected chi connectivity index (χ0v) is 8.62. The predicted octanol–water partition coefficient (Wildman–Crippen LogP) is 1.95. The first-order valence-electron chi connectivity index (χ1n) is 4.08. The average molecular weight is 206 g/mol. The molecular formula is C10H10N2OS. The molecule has 0 heterocycles. The summed E-state index contributed by atoms with van der Waals surface area (Å²) in [7, 11) is 1.80. The van der Waals surface area contributed by atoms with Crippen LogP contribution in [-0.4, -0.2) is 18.8 Å². The highest BCUT2D eigenvalue weighted by atomic mass is 32.1. The number of hydrogen-bond donors (Lipinski definition) is 0. The number of thiocarbonyl (C=S) groups is 1. The van der Waals surface area contributed by atoms with Crippen molar-refractivity contribution < 1.29 is 4.74 Å². The van der Waals surface area contributed by atoms with Gasteiger partial charge in [-0.3, -0.25) is 0 Å². The summed E-state index contributed by atoms with van der Waals surface area (Å²) in [5.74, 6) is 0. The van der Waals surface area contributed by atoms with Gasteiger partial charge in [0.2, 0.25) is 0 Å². The van der Waals surface area contributed by atoms with Crippen molar-refractivity contribution in [3.8, 4) is 6.07 Å². The van der Waals surface area contributed by atoms with Gasteiger partial charge in [-0.25, -0.2) is 0 Å². The molecule has 0 fully saturated rings. The van der Waals surface area contributed by atoms with Gasteiger partial charge in [0.25, 0.3) is 5.17 Å². The molecule has 1 aromatic rings. The number of hydrogen-bond acceptors (Lipinski definition) is 3. The summed E-state index contributed by atoms with van der Waals surface area (Å²) in [5, 5.41) is 8.62. The fourth-order valence-electron chi connectivity index (χ4n) is 0.948. The van der Waals surface area contributed by atoms with E-state index in [1.165, 1.54) is 0 Å². The molecule has 1 aromatic carbocycles. The van der Waals surface area contributed by atoms with Crippen LogP contribution in [0, 0.1) is 11.3 Å². The number of nitrogens with zero attached hydrogens (tertiary/aromatic N) is 2. The van der Waals surface area contributed by atoms with Crippen molar-refractivity contribution >= 4 is 23.1 Å². The molecule has 72 valence electrons. The minimum absolute atomic E-state index is 0.0179. The predicted molar refractivity (Wildman–Crippen MR) is 59.0 cm³/mol. The monoisotopic (exact) mass is 206 g/mol. The molecule has 0 saturated carbocycles. The van der Waals surface area contributed by atoms with Crippen molar-refractivity contribution in [2.24, 2.45) is 0 Å². The first kappa shape index (κ1) is 10.5. The lowest BCUT2D eigenvalue weighted by atomic mass is 10.3. The Kier molecular flexibility index (Phi) is 3.89. The molecule has 0 N–H and O–H groups in total. The summed E-state index contributed by atoms with van der Waals surface area (Å²) < 4.78 is 5.00. The van der Waals surface area contributed by atoms with Gasteiger partial charge in [-0.1, -0.05) is 18.2 Å². The SMILES string of the molecule is CN(C(=S)OCC#N)c1ccccc1. The second-order valence-electron chi connectivity index (χ2n) is 2.61. The van der Waals surface area contributed by atoms with Crippen LogP contribution in [0.4, 0.5) is 5.69 Å². The number of rotatable bonds is 2. The van der Waals surface area contributed by atoms with Crippen molar-refractivity contribution in [2.75, 3.05) is 18.6 Å². The normalized spacial score (nSPS) is 8.86. The Morgan fingerprint density at radius 1 is 1.50 bits per heavy atom. The van der Waals surface area contributed by atoms with Crippen LogP contribution in [0.15, 0.2) is 30.3 Å². The molecule has 14 heavy (non-hydrogen) atoms. The first-order valence-corrected chi connectivity index (χ1v) is 4.49. The molecule has 0 saturated heterocycles. The van der Waals surface area contributed by atoms with Crippen LogP contribution in [0.3, 0.4) is 0 Å². The van der Waals surface area contributed by atoms with Gasteiger partial charge in [0.1, 0.15) is 6.07 Å². The van der Waals surface area contributed by atoms with Crippen LogP contribution in [-0.2, 0) is 4.74 Å². The van der Waals surface area contributed by atoms with E-state index in [1.807, 2.05) is 36.4 Å². The standard InChI is InChI=1S/C10H10N2OS/c1-12(10(14)13-8-7-11)9-5-3-2-4-6-9/h2-6H,8H2,1H3. The summed E-state index contributed by atoms with van der Waals surface area (Å²) in [5.41, 5.74) is 0.940. The largest absolute Gasteiger partial charge is 0.455 e. The molecule has 0 radical (unpaired) electrons. The Morgan fingerprint density at radius 2 is 2.14 bits per heavy atom. The number of anilines is 1. The summed E-state index contributed by atoms with van der Waals surface area (Å²) in [6.45, 7) is -0.0179. The molecule has 0 amide bonds. The van der Waals surface area contributed by atoms with E-state index < -0.39 is 0 Å². The second-order valence-corrected chi connectivity index (χ2v) is 2.96. The molecule has 0 unspecified atom stereocenters. The minimum atomic E-state index is -0.0179. The fraction of sp³-hybridized carbons (Fsp3) is 0.200. The Labute approximate surface area is 88.5 Å². The van der Waals surface area contributed by atoms with E-state index in [9.17, 15) is 0 Å². The van der Waals surface area contributed by atoms with E-state index in [4.69, 9.17) is 22.2 Å². The third kappa shape index (κ3) is 2.71. The number of ether oxygens (including phenoxy) is 1. The lowest BCUT2D eigenvalue weighted by molar-refractivity contribution is 0.358. The van der Waals surface area contributed by atoms with E-state index >= 15 is 0 Å². The van der Waals surface area contributed by atoms with Gasteiger partial charge in [-0.05, 0) is 24.4 Å². The molecule has 0 atom stereocenters. The van der Waals surface area contributed by atoms with Crippen LogP contribution in [0.2, 0.25) is 0 Å². The second kappa shape index (κ2) is 5.20. The van der Waals surface area contributed by atoms with Crippen molar-refractivity contribution in [1.82, 2.24) is 0 Å². The third-order valence-electron chi connectivity index (χ3n) is 1.68. The first-order chi connectivity index (χ1) is 6.75. The highest BCUT2D eigenvalue weighted by molar-refractivity contribution is 7.80. The maximum atomic E-state index is 8.31. The van der Waals surface area contributed by atoms with Gasteiger partial charge in [0, 0.05) is 12.7 Å². The van der Waals surface area contributed by atoms with E-state index in [0.29, 0.717) is 5.17 Å². The Hall–Kier alpha value is -1.60. The summed E-state index contributed by atoms with van der Waals surface area (Å²) >= 11 is 4.98. The topological polar surface area (TPSA) is 36.3 Å². The molecule has 0 bridgehead atoms. The number of benzene rings is 1. The highest BCUT2D eigenvalue weighted by Crippen LogP contribution is 2.11. The summed E-state index contributed by atoms with van der Waals surface area (Å²) in [4.78, 5) is 1.71. The molecular weight excluding hydrogens is 196 g/mol. The Morgan fingerprint density at radius 3 is 2.71 bits per heavy atom. The van der Waals surface area contributed by atoms with Crippen molar-refractivity contribution in [3.05, 3.63) is 30.3 Å². The molecule has 3 nitrogen and oxygen atoms in total. The van der Waals surface area contributed by atoms with Crippen LogP contribution >= 0.6 is 12.2 Å². The van der Waals surface area contributed by atoms with E-state index in [-0.39, 0.29) is 6.61 Å². The molecule has 0 aliphatic rings. The van der Waals surface area contributed by atoms with Gasteiger partial charge in [0.05, 0.1) is 0 Å². The smallest absolute Gasteiger partial charge is 0.264 e.